The predicted molar refractivity (Wildman–Crippen MR) is 130 cm³/mol. The lowest BCUT2D eigenvalue weighted by atomic mass is 9.97. The molecule has 2 fully saturated rings. The van der Waals surface area contributed by atoms with Gasteiger partial charge in [-0.25, -0.2) is 4.79 Å². The number of anilines is 1. The van der Waals surface area contributed by atoms with Crippen LogP contribution in [0.3, 0.4) is 0 Å². The summed E-state index contributed by atoms with van der Waals surface area (Å²) >= 11 is 0. The Bertz CT molecular complexity index is 1120. The minimum atomic E-state index is -0.209. The quantitative estimate of drug-likeness (QED) is 0.604. The number of hydrogen-bond acceptors (Lipinski definition) is 7. The number of benzene rings is 1. The first-order valence-electron chi connectivity index (χ1n) is 12.0. The maximum absolute atomic E-state index is 12.6. The number of amides is 3. The van der Waals surface area contributed by atoms with E-state index in [1.54, 1.807) is 11.1 Å². The van der Waals surface area contributed by atoms with Crippen molar-refractivity contribution in [1.29, 1.82) is 0 Å². The molecular formula is C25H29N7O3. The lowest BCUT2D eigenvalue weighted by Crippen LogP contribution is -2.52. The van der Waals surface area contributed by atoms with Crippen molar-refractivity contribution in [3.05, 3.63) is 60.6 Å². The summed E-state index contributed by atoms with van der Waals surface area (Å²) in [6.07, 6.45) is 3.15. The molecule has 2 aliphatic heterocycles. The van der Waals surface area contributed by atoms with Gasteiger partial charge in [0.25, 0.3) is 0 Å². The molecule has 5 rings (SSSR count). The van der Waals surface area contributed by atoms with Crippen LogP contribution in [0.2, 0.25) is 0 Å². The molecule has 0 radical (unpaired) electrons. The highest BCUT2D eigenvalue weighted by molar-refractivity contribution is 5.84. The van der Waals surface area contributed by atoms with E-state index in [1.165, 1.54) is 5.69 Å². The van der Waals surface area contributed by atoms with Crippen LogP contribution in [0.5, 0.6) is 0 Å². The molecule has 0 spiro atoms. The van der Waals surface area contributed by atoms with Crippen molar-refractivity contribution in [3.8, 4) is 11.5 Å². The van der Waals surface area contributed by atoms with E-state index in [1.807, 2.05) is 41.3 Å². The van der Waals surface area contributed by atoms with E-state index < -0.39 is 0 Å². The number of piperidine rings is 1. The number of nitrogens with one attached hydrogen (secondary N) is 1. The van der Waals surface area contributed by atoms with Gasteiger partial charge in [-0.2, -0.15) is 4.98 Å². The van der Waals surface area contributed by atoms with Crippen LogP contribution in [0.1, 0.15) is 24.7 Å². The topological polar surface area (TPSA) is 108 Å². The third-order valence-corrected chi connectivity index (χ3v) is 6.61. The summed E-state index contributed by atoms with van der Waals surface area (Å²) in [6.45, 7) is 4.04. The second-order valence-corrected chi connectivity index (χ2v) is 8.79. The van der Waals surface area contributed by atoms with E-state index in [2.05, 4.69) is 37.5 Å². The van der Waals surface area contributed by atoms with Crippen molar-refractivity contribution in [2.45, 2.75) is 18.8 Å². The van der Waals surface area contributed by atoms with Crippen LogP contribution in [-0.4, -0.2) is 82.7 Å². The second-order valence-electron chi connectivity index (χ2n) is 8.79. The molecule has 2 aromatic heterocycles. The number of urea groups is 1. The first-order valence-corrected chi connectivity index (χ1v) is 12.0. The van der Waals surface area contributed by atoms with E-state index >= 15 is 0 Å². The van der Waals surface area contributed by atoms with Crippen molar-refractivity contribution < 1.29 is 14.1 Å². The van der Waals surface area contributed by atoms with Gasteiger partial charge in [-0.05, 0) is 37.1 Å². The third-order valence-electron chi connectivity index (χ3n) is 6.61. The minimum Gasteiger partial charge on any atom is -0.368 e. The van der Waals surface area contributed by atoms with E-state index in [9.17, 15) is 9.59 Å². The highest BCUT2D eigenvalue weighted by Crippen LogP contribution is 2.28. The fourth-order valence-electron chi connectivity index (χ4n) is 4.56. The molecule has 0 atom stereocenters. The number of hydrogen-bond donors (Lipinski definition) is 1. The molecule has 0 saturated carbocycles. The average molecular weight is 476 g/mol. The summed E-state index contributed by atoms with van der Waals surface area (Å²) in [7, 11) is 0. The Hall–Kier alpha value is -3.95. The van der Waals surface area contributed by atoms with Crippen molar-refractivity contribution in [1.82, 2.24) is 30.2 Å². The van der Waals surface area contributed by atoms with Gasteiger partial charge in [-0.1, -0.05) is 29.4 Å². The van der Waals surface area contributed by atoms with Crippen LogP contribution in [0, 0.1) is 0 Å². The molecule has 4 heterocycles. The van der Waals surface area contributed by atoms with Crippen molar-refractivity contribution in [2.75, 3.05) is 50.7 Å². The van der Waals surface area contributed by atoms with E-state index in [0.717, 1.165) is 25.9 Å². The zero-order valence-corrected chi connectivity index (χ0v) is 19.5. The Morgan fingerprint density at radius 2 is 1.66 bits per heavy atom. The largest absolute Gasteiger partial charge is 0.368 e. The van der Waals surface area contributed by atoms with Gasteiger partial charge in [-0.3, -0.25) is 9.78 Å². The summed E-state index contributed by atoms with van der Waals surface area (Å²) in [6, 6.07) is 15.6. The molecule has 182 valence electrons. The van der Waals surface area contributed by atoms with Crippen LogP contribution in [0.4, 0.5) is 10.5 Å². The number of pyridine rings is 1. The van der Waals surface area contributed by atoms with Crippen LogP contribution in [0.25, 0.3) is 11.5 Å². The first-order chi connectivity index (χ1) is 17.2. The van der Waals surface area contributed by atoms with Gasteiger partial charge in [0.15, 0.2) is 0 Å². The Balaban J connectivity index is 1.04. The van der Waals surface area contributed by atoms with Crippen LogP contribution in [0.15, 0.2) is 59.3 Å². The molecular weight excluding hydrogens is 446 g/mol. The first kappa shape index (κ1) is 22.8. The fourth-order valence-corrected chi connectivity index (χ4v) is 4.56. The van der Waals surface area contributed by atoms with Gasteiger partial charge in [0.1, 0.15) is 5.69 Å². The molecule has 0 aliphatic carbocycles. The standard InChI is InChI=1S/C25H29N7O3/c33-22(31-16-14-30(15-17-31)20-6-2-1-3-7-20)18-27-25(34)32-12-9-19(10-13-32)24-28-23(29-35-24)21-8-4-5-11-26-21/h1-8,11,19H,9-10,12-18H2,(H,27,34). The summed E-state index contributed by atoms with van der Waals surface area (Å²) in [4.78, 5) is 39.8. The molecule has 35 heavy (non-hydrogen) atoms. The number of nitrogens with zero attached hydrogens (tertiary/aromatic N) is 6. The van der Waals surface area contributed by atoms with Gasteiger partial charge in [0, 0.05) is 57.1 Å². The van der Waals surface area contributed by atoms with Gasteiger partial charge in [0.05, 0.1) is 6.54 Å². The lowest BCUT2D eigenvalue weighted by molar-refractivity contribution is -0.130. The number of likely N-dealkylation sites (tertiary alicyclic amines) is 1. The van der Waals surface area contributed by atoms with Crippen molar-refractivity contribution in [2.24, 2.45) is 0 Å². The highest BCUT2D eigenvalue weighted by atomic mass is 16.5. The van der Waals surface area contributed by atoms with Crippen LogP contribution in [-0.2, 0) is 4.79 Å². The Labute approximate surface area is 203 Å². The van der Waals surface area contributed by atoms with E-state index in [4.69, 9.17) is 4.52 Å². The summed E-state index contributed by atoms with van der Waals surface area (Å²) in [5, 5.41) is 6.84. The lowest BCUT2D eigenvalue weighted by Gasteiger charge is -2.36. The van der Waals surface area contributed by atoms with Gasteiger partial charge >= 0.3 is 6.03 Å². The number of para-hydroxylation sites is 1. The van der Waals surface area contributed by atoms with Crippen LogP contribution >= 0.6 is 0 Å². The fraction of sp³-hybridized carbons (Fsp3) is 0.400. The Morgan fingerprint density at radius 1 is 0.914 bits per heavy atom. The molecule has 0 bridgehead atoms. The van der Waals surface area contributed by atoms with Crippen molar-refractivity contribution >= 4 is 17.6 Å². The summed E-state index contributed by atoms with van der Waals surface area (Å²) in [5.41, 5.74) is 1.84. The normalized spacial score (nSPS) is 16.9. The summed E-state index contributed by atoms with van der Waals surface area (Å²) in [5.74, 6) is 1.11. The van der Waals surface area contributed by atoms with Gasteiger partial charge < -0.3 is 24.5 Å². The molecule has 2 aliphatic rings. The molecule has 10 nitrogen and oxygen atoms in total. The number of carbonyl (C=O) groups excluding carboxylic acids is 2. The molecule has 3 amide bonds. The van der Waals surface area contributed by atoms with Crippen LogP contribution < -0.4 is 10.2 Å². The molecule has 3 aromatic rings. The molecule has 0 unspecified atom stereocenters. The predicted octanol–water partition coefficient (Wildman–Crippen LogP) is 2.37. The number of rotatable bonds is 5. The smallest absolute Gasteiger partial charge is 0.317 e. The van der Waals surface area contributed by atoms with Gasteiger partial charge in [-0.15, -0.1) is 0 Å². The van der Waals surface area contributed by atoms with Gasteiger partial charge in [0.2, 0.25) is 17.6 Å². The van der Waals surface area contributed by atoms with Crippen molar-refractivity contribution in [3.63, 3.8) is 0 Å². The molecule has 1 aromatic carbocycles. The second kappa shape index (κ2) is 10.5. The number of piperazine rings is 1. The zero-order chi connectivity index (χ0) is 24.0. The van der Waals surface area contributed by atoms with E-state index in [-0.39, 0.29) is 24.4 Å². The molecule has 10 heteroatoms. The Morgan fingerprint density at radius 3 is 2.37 bits per heavy atom. The maximum Gasteiger partial charge on any atom is 0.317 e. The number of aromatic nitrogens is 3. The monoisotopic (exact) mass is 475 g/mol. The molecule has 1 N–H and O–H groups in total. The SMILES string of the molecule is O=C(CNC(=O)N1CCC(c2nc(-c3ccccn3)no2)CC1)N1CCN(c2ccccc2)CC1. The van der Waals surface area contributed by atoms with E-state index in [0.29, 0.717) is 43.6 Å². The molecule has 2 saturated heterocycles. The zero-order valence-electron chi connectivity index (χ0n) is 19.5. The number of carbonyl (C=O) groups is 2. The summed E-state index contributed by atoms with van der Waals surface area (Å²) < 4.78 is 5.46. The highest BCUT2D eigenvalue weighted by Gasteiger charge is 2.28. The minimum absolute atomic E-state index is 0.0151. The Kier molecular flexibility index (Phi) is 6.87. The average Bonchev–Trinajstić information content (AvgIpc) is 3.43. The maximum atomic E-state index is 12.6. The third kappa shape index (κ3) is 5.42.